The van der Waals surface area contributed by atoms with Crippen molar-refractivity contribution < 1.29 is 9.90 Å². The number of azide groups is 1. The van der Waals surface area contributed by atoms with Gasteiger partial charge in [0.15, 0.2) is 0 Å². The molecular weight excluding hydrogens is 246 g/mol. The molecule has 0 aliphatic carbocycles. The van der Waals surface area contributed by atoms with Gasteiger partial charge in [0.2, 0.25) is 5.91 Å². The van der Waals surface area contributed by atoms with Gasteiger partial charge in [0.05, 0.1) is 6.54 Å². The maximum atomic E-state index is 11.5. The average molecular weight is 271 g/mol. The van der Waals surface area contributed by atoms with E-state index in [1.807, 2.05) is 13.8 Å². The molecule has 0 aromatic heterocycles. The van der Waals surface area contributed by atoms with Crippen molar-refractivity contribution in [1.82, 2.24) is 10.6 Å². The van der Waals surface area contributed by atoms with Gasteiger partial charge in [-0.1, -0.05) is 25.4 Å². The molecule has 0 aromatic carbocycles. The number of nitrogens with one attached hydrogen (secondary N) is 2. The number of aliphatic hydroxyl groups excluding tert-OH is 1. The molecule has 7 nitrogen and oxygen atoms in total. The minimum absolute atomic E-state index is 0.0431. The number of nitrogens with zero attached hydrogens (tertiary/aromatic N) is 3. The van der Waals surface area contributed by atoms with Crippen molar-refractivity contribution in [3.8, 4) is 0 Å². The Bertz CT molecular complexity index is 292. The van der Waals surface area contributed by atoms with Crippen LogP contribution in [0.3, 0.4) is 0 Å². The molecule has 7 heteroatoms. The van der Waals surface area contributed by atoms with E-state index in [0.717, 1.165) is 25.7 Å². The zero-order valence-corrected chi connectivity index (χ0v) is 11.8. The predicted octanol–water partition coefficient (Wildman–Crippen LogP) is 1.54. The van der Waals surface area contributed by atoms with Crippen molar-refractivity contribution in [2.24, 2.45) is 11.0 Å². The number of carbonyl (C=O) groups is 1. The van der Waals surface area contributed by atoms with E-state index in [-0.39, 0.29) is 18.4 Å². The molecule has 0 fully saturated rings. The first kappa shape index (κ1) is 17.7. The highest BCUT2D eigenvalue weighted by molar-refractivity contribution is 5.78. The van der Waals surface area contributed by atoms with Crippen LogP contribution < -0.4 is 10.6 Å². The van der Waals surface area contributed by atoms with Crippen LogP contribution in [-0.4, -0.2) is 36.9 Å². The molecule has 2 atom stereocenters. The Kier molecular flexibility index (Phi) is 11.0. The first-order chi connectivity index (χ1) is 9.11. The maximum Gasteiger partial charge on any atom is 0.222 e. The Hall–Kier alpha value is -1.30. The second-order valence-corrected chi connectivity index (χ2v) is 4.54. The van der Waals surface area contributed by atoms with Crippen LogP contribution in [0, 0.1) is 5.92 Å². The number of aliphatic hydroxyl groups is 1. The van der Waals surface area contributed by atoms with Crippen molar-refractivity contribution in [2.75, 3.05) is 19.6 Å². The summed E-state index contributed by atoms with van der Waals surface area (Å²) in [5.41, 5.74) is 8.07. The summed E-state index contributed by atoms with van der Waals surface area (Å²) in [6.07, 6.45) is 2.89. The van der Waals surface area contributed by atoms with E-state index in [2.05, 4.69) is 20.7 Å². The molecule has 0 saturated carbocycles. The van der Waals surface area contributed by atoms with E-state index in [9.17, 15) is 9.90 Å². The van der Waals surface area contributed by atoms with Crippen molar-refractivity contribution in [3.63, 3.8) is 0 Å². The third-order valence-electron chi connectivity index (χ3n) is 2.91. The van der Waals surface area contributed by atoms with Gasteiger partial charge < -0.3 is 10.4 Å². The van der Waals surface area contributed by atoms with Gasteiger partial charge in [-0.05, 0) is 31.3 Å². The summed E-state index contributed by atoms with van der Waals surface area (Å²) >= 11 is 0. The van der Waals surface area contributed by atoms with Crippen molar-refractivity contribution in [1.29, 1.82) is 0 Å². The van der Waals surface area contributed by atoms with Gasteiger partial charge in [-0.25, -0.2) is 0 Å². The predicted molar refractivity (Wildman–Crippen MR) is 74.3 cm³/mol. The van der Waals surface area contributed by atoms with Gasteiger partial charge in [0.1, 0.15) is 6.23 Å². The molecule has 0 heterocycles. The van der Waals surface area contributed by atoms with Crippen LogP contribution in [0.1, 0.15) is 39.5 Å². The molecule has 0 bridgehead atoms. The van der Waals surface area contributed by atoms with Crippen LogP contribution in [0.2, 0.25) is 0 Å². The highest BCUT2D eigenvalue weighted by atomic mass is 16.3. The first-order valence-electron chi connectivity index (χ1n) is 6.81. The maximum absolute atomic E-state index is 11.5. The monoisotopic (exact) mass is 271 g/mol. The average Bonchev–Trinajstić information content (AvgIpc) is 2.42. The minimum atomic E-state index is -0.777. The minimum Gasteiger partial charge on any atom is -0.378 e. The molecular formula is C12H25N5O2. The standard InChI is InChI=1S/C12H25N5O2/c1-3-10(2)12(19)15-8-6-4-5-7-14-11(18)9-16-17-13/h10-11,14,18H,3-9H2,1-2H3,(H,15,19). The van der Waals surface area contributed by atoms with Gasteiger partial charge >= 0.3 is 0 Å². The second-order valence-electron chi connectivity index (χ2n) is 4.54. The van der Waals surface area contributed by atoms with E-state index in [4.69, 9.17) is 5.53 Å². The molecule has 3 N–H and O–H groups in total. The second kappa shape index (κ2) is 11.8. The lowest BCUT2D eigenvalue weighted by atomic mass is 10.1. The quantitative estimate of drug-likeness (QED) is 0.174. The Morgan fingerprint density at radius 3 is 2.68 bits per heavy atom. The number of amides is 1. The van der Waals surface area contributed by atoms with E-state index < -0.39 is 6.23 Å². The fraction of sp³-hybridized carbons (Fsp3) is 0.917. The molecule has 0 aliphatic heterocycles. The van der Waals surface area contributed by atoms with Gasteiger partial charge in [0.25, 0.3) is 0 Å². The lowest BCUT2D eigenvalue weighted by molar-refractivity contribution is -0.124. The summed E-state index contributed by atoms with van der Waals surface area (Å²) in [7, 11) is 0. The number of carbonyl (C=O) groups excluding carboxylic acids is 1. The summed E-state index contributed by atoms with van der Waals surface area (Å²) < 4.78 is 0. The lowest BCUT2D eigenvalue weighted by Crippen LogP contribution is -2.32. The fourth-order valence-corrected chi connectivity index (χ4v) is 1.45. The summed E-state index contributed by atoms with van der Waals surface area (Å²) in [4.78, 5) is 14.0. The van der Waals surface area contributed by atoms with Crippen molar-refractivity contribution in [3.05, 3.63) is 10.4 Å². The van der Waals surface area contributed by atoms with E-state index in [1.165, 1.54) is 0 Å². The SMILES string of the molecule is CCC(C)C(=O)NCCCCCNC(O)CN=[N+]=[N-]. The number of unbranched alkanes of at least 4 members (excludes halogenated alkanes) is 2. The molecule has 19 heavy (non-hydrogen) atoms. The highest BCUT2D eigenvalue weighted by Crippen LogP contribution is 2.00. The Balaban J connectivity index is 3.36. The fourth-order valence-electron chi connectivity index (χ4n) is 1.45. The lowest BCUT2D eigenvalue weighted by Gasteiger charge is -2.11. The van der Waals surface area contributed by atoms with Crippen molar-refractivity contribution >= 4 is 5.91 Å². The van der Waals surface area contributed by atoms with Gasteiger partial charge in [-0.2, -0.15) is 0 Å². The molecule has 1 amide bonds. The molecule has 0 saturated heterocycles. The summed E-state index contributed by atoms with van der Waals surface area (Å²) in [5, 5.41) is 18.3. The van der Waals surface area contributed by atoms with Crippen molar-refractivity contribution in [2.45, 2.75) is 45.8 Å². The van der Waals surface area contributed by atoms with E-state index in [0.29, 0.717) is 13.1 Å². The number of rotatable bonds is 11. The van der Waals surface area contributed by atoms with Crippen LogP contribution in [-0.2, 0) is 4.79 Å². The molecule has 110 valence electrons. The van der Waals surface area contributed by atoms with Gasteiger partial charge in [-0.3, -0.25) is 10.1 Å². The van der Waals surface area contributed by atoms with Crippen LogP contribution in [0.25, 0.3) is 10.4 Å². The van der Waals surface area contributed by atoms with E-state index >= 15 is 0 Å². The first-order valence-corrected chi connectivity index (χ1v) is 6.81. The molecule has 0 aliphatic rings. The molecule has 0 rings (SSSR count). The number of hydrogen-bond donors (Lipinski definition) is 3. The highest BCUT2D eigenvalue weighted by Gasteiger charge is 2.08. The number of hydrogen-bond acceptors (Lipinski definition) is 4. The summed E-state index contributed by atoms with van der Waals surface area (Å²) in [5.74, 6) is 0.197. The molecule has 0 aromatic rings. The summed E-state index contributed by atoms with van der Waals surface area (Å²) in [6.45, 7) is 5.33. The zero-order valence-electron chi connectivity index (χ0n) is 11.8. The van der Waals surface area contributed by atoms with Crippen LogP contribution in [0.5, 0.6) is 0 Å². The topological polar surface area (TPSA) is 110 Å². The smallest absolute Gasteiger partial charge is 0.222 e. The molecule has 0 spiro atoms. The molecule has 0 radical (unpaired) electrons. The Labute approximate surface area is 114 Å². The Morgan fingerprint density at radius 1 is 1.37 bits per heavy atom. The Morgan fingerprint density at radius 2 is 2.05 bits per heavy atom. The third-order valence-corrected chi connectivity index (χ3v) is 2.91. The third kappa shape index (κ3) is 10.3. The van der Waals surface area contributed by atoms with Crippen LogP contribution in [0.15, 0.2) is 5.11 Å². The summed E-state index contributed by atoms with van der Waals surface area (Å²) in [6, 6.07) is 0. The van der Waals surface area contributed by atoms with Crippen LogP contribution in [0.4, 0.5) is 0 Å². The van der Waals surface area contributed by atoms with E-state index in [1.54, 1.807) is 0 Å². The van der Waals surface area contributed by atoms with Crippen LogP contribution >= 0.6 is 0 Å². The zero-order chi connectivity index (χ0) is 14.5. The molecule has 2 unspecified atom stereocenters. The van der Waals surface area contributed by atoms with Gasteiger partial charge in [0, 0.05) is 17.4 Å². The normalized spacial score (nSPS) is 13.4. The largest absolute Gasteiger partial charge is 0.378 e. The van der Waals surface area contributed by atoms with Gasteiger partial charge in [-0.15, -0.1) is 0 Å².